The minimum atomic E-state index is -0.0981. The number of azide groups is 1. The molecule has 0 aromatic rings. The zero-order chi connectivity index (χ0) is 10.6. The fourth-order valence-electron chi connectivity index (χ4n) is 2.02. The van der Waals surface area contributed by atoms with E-state index in [0.29, 0.717) is 19.8 Å². The molecule has 2 aliphatic heterocycles. The number of hydrogen-bond acceptors (Lipinski definition) is 4. The lowest BCUT2D eigenvalue weighted by Gasteiger charge is -2.43. The number of rotatable bonds is 2. The molecule has 2 aliphatic rings. The van der Waals surface area contributed by atoms with Gasteiger partial charge in [0.15, 0.2) is 0 Å². The van der Waals surface area contributed by atoms with Gasteiger partial charge in [0.1, 0.15) is 0 Å². The lowest BCUT2D eigenvalue weighted by molar-refractivity contribution is -0.197. The second-order valence-electron chi connectivity index (χ2n) is 3.96. The topological polar surface area (TPSA) is 67.2 Å². The zero-order valence-corrected chi connectivity index (χ0v) is 9.41. The molecule has 2 heterocycles. The van der Waals surface area contributed by atoms with Gasteiger partial charge in [0, 0.05) is 4.91 Å². The summed E-state index contributed by atoms with van der Waals surface area (Å²) in [6.45, 7) is 1.62. The van der Waals surface area contributed by atoms with E-state index in [4.69, 9.17) is 15.0 Å². The Balaban J connectivity index is 1.92. The van der Waals surface area contributed by atoms with E-state index in [-0.39, 0.29) is 11.7 Å². The summed E-state index contributed by atoms with van der Waals surface area (Å²) in [7, 11) is 0. The summed E-state index contributed by atoms with van der Waals surface area (Å²) < 4.78 is 11.6. The Bertz CT molecular complexity index is 257. The normalized spacial score (nSPS) is 29.7. The molecule has 0 bridgehead atoms. The number of thioether (sulfide) groups is 1. The van der Waals surface area contributed by atoms with Gasteiger partial charge in [0.25, 0.3) is 0 Å². The van der Waals surface area contributed by atoms with E-state index in [1.807, 2.05) is 11.8 Å². The molecule has 2 saturated heterocycles. The molecule has 2 fully saturated rings. The van der Waals surface area contributed by atoms with Crippen LogP contribution in [0.3, 0.4) is 0 Å². The van der Waals surface area contributed by atoms with Crippen LogP contribution in [0.4, 0.5) is 0 Å². The van der Waals surface area contributed by atoms with Crippen LogP contribution >= 0.6 is 11.8 Å². The fourth-order valence-corrected chi connectivity index (χ4v) is 3.26. The first kappa shape index (κ1) is 11.1. The lowest BCUT2D eigenvalue weighted by Crippen LogP contribution is -2.50. The summed E-state index contributed by atoms with van der Waals surface area (Å²) >= 11 is 1.96. The van der Waals surface area contributed by atoms with Gasteiger partial charge in [-0.25, -0.2) is 0 Å². The molecule has 0 radical (unpaired) electrons. The maximum absolute atomic E-state index is 8.26. The van der Waals surface area contributed by atoms with Gasteiger partial charge in [-0.3, -0.25) is 0 Å². The molecule has 6 heteroatoms. The van der Waals surface area contributed by atoms with Crippen LogP contribution < -0.4 is 0 Å². The average molecular weight is 229 g/mol. The van der Waals surface area contributed by atoms with Crippen LogP contribution in [0.15, 0.2) is 5.11 Å². The Morgan fingerprint density at radius 3 is 3.00 bits per heavy atom. The molecule has 2 rings (SSSR count). The molecule has 0 amide bonds. The van der Waals surface area contributed by atoms with Crippen LogP contribution in [0.5, 0.6) is 0 Å². The van der Waals surface area contributed by atoms with Crippen molar-refractivity contribution in [2.24, 2.45) is 5.11 Å². The van der Waals surface area contributed by atoms with Crippen molar-refractivity contribution >= 4 is 11.8 Å². The first-order chi connectivity index (χ1) is 7.35. The third kappa shape index (κ3) is 2.78. The van der Waals surface area contributed by atoms with E-state index >= 15 is 0 Å². The summed E-state index contributed by atoms with van der Waals surface area (Å²) in [5, 5.41) is 3.54. The van der Waals surface area contributed by atoms with Crippen molar-refractivity contribution in [2.45, 2.75) is 24.5 Å². The molecule has 1 unspecified atom stereocenters. The van der Waals surface area contributed by atoms with E-state index in [2.05, 4.69) is 10.0 Å². The molecular weight excluding hydrogens is 214 g/mol. The van der Waals surface area contributed by atoms with Crippen LogP contribution in [0.25, 0.3) is 10.4 Å². The smallest absolute Gasteiger partial charge is 0.0935 e. The summed E-state index contributed by atoms with van der Waals surface area (Å²) in [4.78, 5) is 2.75. The summed E-state index contributed by atoms with van der Waals surface area (Å²) in [6, 6.07) is 0. The van der Waals surface area contributed by atoms with E-state index in [1.165, 1.54) is 0 Å². The van der Waals surface area contributed by atoms with Crippen molar-refractivity contribution in [3.8, 4) is 0 Å². The molecule has 1 spiro atoms. The van der Waals surface area contributed by atoms with Gasteiger partial charge >= 0.3 is 0 Å². The van der Waals surface area contributed by atoms with Crippen LogP contribution in [-0.2, 0) is 9.47 Å². The van der Waals surface area contributed by atoms with Gasteiger partial charge in [-0.05, 0) is 29.9 Å². The molecule has 0 saturated carbocycles. The van der Waals surface area contributed by atoms with Crippen LogP contribution in [0.1, 0.15) is 12.8 Å². The average Bonchev–Trinajstić information content (AvgIpc) is 2.28. The van der Waals surface area contributed by atoms with Crippen LogP contribution in [0, 0.1) is 0 Å². The predicted octanol–water partition coefficient (Wildman–Crippen LogP) is 1.98. The number of ether oxygens (including phenoxy) is 2. The highest BCUT2D eigenvalue weighted by Gasteiger charge is 2.39. The van der Waals surface area contributed by atoms with E-state index < -0.39 is 0 Å². The highest BCUT2D eigenvalue weighted by atomic mass is 32.2. The standard InChI is InChI=1S/C9H15N3O2S/c10-12-11-5-8-6-13-7-9(14-8)1-3-15-4-2-9/h8H,1-7H2. The minimum Gasteiger partial charge on any atom is -0.376 e. The molecule has 0 aliphatic carbocycles. The van der Waals surface area contributed by atoms with E-state index in [9.17, 15) is 0 Å². The maximum Gasteiger partial charge on any atom is 0.0935 e. The number of nitrogens with zero attached hydrogens (tertiary/aromatic N) is 3. The second kappa shape index (κ2) is 5.07. The Hall–Kier alpha value is -0.420. The third-order valence-corrected chi connectivity index (χ3v) is 3.82. The van der Waals surface area contributed by atoms with Crippen molar-refractivity contribution in [3.05, 3.63) is 10.4 Å². The molecule has 0 aromatic carbocycles. The van der Waals surface area contributed by atoms with E-state index in [1.54, 1.807) is 0 Å². The minimum absolute atomic E-state index is 0.0576. The number of hydrogen-bond donors (Lipinski definition) is 0. The highest BCUT2D eigenvalue weighted by Crippen LogP contribution is 2.34. The highest BCUT2D eigenvalue weighted by molar-refractivity contribution is 7.99. The lowest BCUT2D eigenvalue weighted by atomic mass is 9.96. The first-order valence-electron chi connectivity index (χ1n) is 5.19. The first-order valence-corrected chi connectivity index (χ1v) is 6.34. The van der Waals surface area contributed by atoms with Crippen molar-refractivity contribution in [1.82, 2.24) is 0 Å². The third-order valence-electron chi connectivity index (χ3n) is 2.84. The van der Waals surface area contributed by atoms with Gasteiger partial charge in [-0.1, -0.05) is 5.11 Å². The summed E-state index contributed by atoms with van der Waals surface area (Å²) in [6.07, 6.45) is 2.03. The Morgan fingerprint density at radius 1 is 1.47 bits per heavy atom. The quantitative estimate of drug-likeness (QED) is 0.413. The van der Waals surface area contributed by atoms with Gasteiger partial charge in [0.2, 0.25) is 0 Å². The molecule has 0 aromatic heterocycles. The molecule has 15 heavy (non-hydrogen) atoms. The van der Waals surface area contributed by atoms with Gasteiger partial charge in [-0.15, -0.1) is 0 Å². The zero-order valence-electron chi connectivity index (χ0n) is 8.59. The van der Waals surface area contributed by atoms with Gasteiger partial charge in [0.05, 0.1) is 31.5 Å². The monoisotopic (exact) mass is 229 g/mol. The second-order valence-corrected chi connectivity index (χ2v) is 5.19. The van der Waals surface area contributed by atoms with Crippen molar-refractivity contribution in [1.29, 1.82) is 0 Å². The maximum atomic E-state index is 8.26. The Kier molecular flexibility index (Phi) is 3.75. The summed E-state index contributed by atoms with van der Waals surface area (Å²) in [5.74, 6) is 2.27. The van der Waals surface area contributed by atoms with Gasteiger partial charge in [-0.2, -0.15) is 11.8 Å². The molecule has 0 N–H and O–H groups in total. The van der Waals surface area contributed by atoms with Crippen molar-refractivity contribution < 1.29 is 9.47 Å². The van der Waals surface area contributed by atoms with Crippen LogP contribution in [-0.4, -0.2) is 43.0 Å². The van der Waals surface area contributed by atoms with E-state index in [0.717, 1.165) is 24.3 Å². The molecule has 5 nitrogen and oxygen atoms in total. The molecule has 1 atom stereocenters. The predicted molar refractivity (Wildman–Crippen MR) is 59.0 cm³/mol. The van der Waals surface area contributed by atoms with Crippen LogP contribution in [0.2, 0.25) is 0 Å². The fraction of sp³-hybridized carbons (Fsp3) is 1.00. The molecular formula is C9H15N3O2S. The Labute approximate surface area is 93.1 Å². The van der Waals surface area contributed by atoms with Crippen molar-refractivity contribution in [3.63, 3.8) is 0 Å². The SMILES string of the molecule is [N-]=[N+]=NCC1COCC2(CCSCC2)O1. The van der Waals surface area contributed by atoms with Gasteiger partial charge < -0.3 is 9.47 Å². The largest absolute Gasteiger partial charge is 0.376 e. The Morgan fingerprint density at radius 2 is 2.27 bits per heavy atom. The van der Waals surface area contributed by atoms with Crippen molar-refractivity contribution in [2.75, 3.05) is 31.3 Å². The molecule has 84 valence electrons. The summed E-state index contributed by atoms with van der Waals surface area (Å²) in [5.41, 5.74) is 8.16.